The van der Waals surface area contributed by atoms with Gasteiger partial charge in [0.2, 0.25) is 0 Å². The van der Waals surface area contributed by atoms with E-state index in [1.807, 2.05) is 6.92 Å². The third-order valence-corrected chi connectivity index (χ3v) is 4.69. The first-order valence-corrected chi connectivity index (χ1v) is 9.47. The minimum atomic E-state index is -0.483. The number of amides is 1. The van der Waals surface area contributed by atoms with Gasteiger partial charge in [-0.1, -0.05) is 59.8 Å². The smallest absolute Gasteiger partial charge is 0.412 e. The molecule has 0 aliphatic carbocycles. The van der Waals surface area contributed by atoms with Crippen LogP contribution < -0.4 is 5.32 Å². The van der Waals surface area contributed by atoms with Crippen LogP contribution in [0.2, 0.25) is 0 Å². The highest BCUT2D eigenvalue weighted by Crippen LogP contribution is 2.14. The van der Waals surface area contributed by atoms with E-state index in [1.165, 1.54) is 0 Å². The second-order valence-corrected chi connectivity index (χ2v) is 6.44. The zero-order valence-corrected chi connectivity index (χ0v) is 15.5. The Morgan fingerprint density at radius 2 is 1.68 bits per heavy atom. The minimum absolute atomic E-state index is 0.136. The van der Waals surface area contributed by atoms with Crippen molar-refractivity contribution in [3.05, 3.63) is 0 Å². The van der Waals surface area contributed by atoms with Crippen LogP contribution in [0.25, 0.3) is 0 Å². The maximum Gasteiger partial charge on any atom is 0.412 e. The quantitative estimate of drug-likeness (QED) is 0.568. The zero-order valence-electron chi connectivity index (χ0n) is 14.7. The van der Waals surface area contributed by atoms with Crippen molar-refractivity contribution in [2.75, 3.05) is 6.61 Å². The fourth-order valence-electron chi connectivity index (χ4n) is 2.39. The second kappa shape index (κ2) is 13.8. The summed E-state index contributed by atoms with van der Waals surface area (Å²) >= 11 is 0.390. The van der Waals surface area contributed by atoms with Crippen LogP contribution in [-0.2, 0) is 16.0 Å². The number of hydrogen-bond acceptors (Lipinski definition) is 3. The lowest BCUT2D eigenvalue weighted by Gasteiger charge is -2.18. The molecule has 2 atom stereocenters. The van der Waals surface area contributed by atoms with Gasteiger partial charge in [-0.15, -0.1) is 0 Å². The predicted octanol–water partition coefficient (Wildman–Crippen LogP) is 4.49. The molecule has 0 aromatic heterocycles. The number of rotatable bonds is 11. The first kappa shape index (κ1) is 21.2. The summed E-state index contributed by atoms with van der Waals surface area (Å²) in [5.74, 6) is 0.549. The number of unbranched alkanes of at least 4 members (excludes halogenated alkanes) is 2. The fourth-order valence-corrected chi connectivity index (χ4v) is 2.94. The monoisotopic (exact) mass is 331 g/mol. The average Bonchev–Trinajstić information content (AvgIpc) is 2.54. The molecule has 4 nitrogen and oxygen atoms in total. The Labute approximate surface area is 139 Å². The third kappa shape index (κ3) is 9.23. The first-order valence-electron chi connectivity index (χ1n) is 8.73. The molecule has 0 radical (unpaired) electrons. The van der Waals surface area contributed by atoms with Gasteiger partial charge < -0.3 is 4.74 Å². The van der Waals surface area contributed by atoms with E-state index in [2.05, 4.69) is 26.1 Å². The van der Waals surface area contributed by atoms with Crippen molar-refractivity contribution in [2.24, 2.45) is 11.8 Å². The normalized spacial score (nSPS) is 13.3. The van der Waals surface area contributed by atoms with E-state index < -0.39 is 6.09 Å². The Morgan fingerprint density at radius 1 is 1.05 bits per heavy atom. The lowest BCUT2D eigenvalue weighted by Crippen LogP contribution is -2.36. The average molecular weight is 332 g/mol. The molecule has 130 valence electrons. The summed E-state index contributed by atoms with van der Waals surface area (Å²) < 4.78 is 16.6. The Hall–Kier alpha value is -0.840. The third-order valence-electron chi connectivity index (χ3n) is 4.08. The molecule has 1 amide bonds. The van der Waals surface area contributed by atoms with Crippen molar-refractivity contribution in [1.29, 1.82) is 0 Å². The molecule has 1 N–H and O–H groups in total. The van der Waals surface area contributed by atoms with Crippen LogP contribution in [0.15, 0.2) is 0 Å². The van der Waals surface area contributed by atoms with E-state index in [0.717, 1.165) is 51.4 Å². The summed E-state index contributed by atoms with van der Waals surface area (Å²) in [5, 5.41) is 2.67. The van der Waals surface area contributed by atoms with E-state index in [4.69, 9.17) is 4.74 Å². The van der Waals surface area contributed by atoms with Crippen molar-refractivity contribution in [1.82, 2.24) is 5.32 Å². The second-order valence-electron chi connectivity index (χ2n) is 5.83. The van der Waals surface area contributed by atoms with Gasteiger partial charge in [-0.05, 0) is 25.2 Å². The zero-order chi connectivity index (χ0) is 16.8. The van der Waals surface area contributed by atoms with Crippen LogP contribution in [0.3, 0.4) is 0 Å². The van der Waals surface area contributed by atoms with Crippen LogP contribution in [0.4, 0.5) is 4.79 Å². The Bertz CT molecular complexity index is 354. The van der Waals surface area contributed by atoms with Crippen LogP contribution in [-0.4, -0.2) is 21.9 Å². The molecule has 0 saturated heterocycles. The highest BCUT2D eigenvalue weighted by Gasteiger charge is 2.17. The molecule has 0 aliphatic rings. The molecular formula is C17H33NO3S. The van der Waals surface area contributed by atoms with Crippen LogP contribution in [0, 0.1) is 11.8 Å². The fraction of sp³-hybridized carbons (Fsp3) is 0.882. The Morgan fingerprint density at radius 3 is 2.18 bits per heavy atom. The molecule has 5 heteroatoms. The Balaban J connectivity index is 4.33. The molecule has 0 heterocycles. The first-order chi connectivity index (χ1) is 10.6. The van der Waals surface area contributed by atoms with Gasteiger partial charge in [0.25, 0.3) is 0 Å². The number of carbonyl (C=O) groups excluding carboxylic acids is 1. The maximum absolute atomic E-state index is 11.9. The van der Waals surface area contributed by atoms with E-state index >= 15 is 0 Å². The topological polar surface area (TPSA) is 55.4 Å². The van der Waals surface area contributed by atoms with Gasteiger partial charge in [0.05, 0.1) is 6.61 Å². The molecule has 0 saturated carbocycles. The molecule has 0 aromatic rings. The lowest BCUT2D eigenvalue weighted by molar-refractivity contribution is 0.127. The maximum atomic E-state index is 11.9. The van der Waals surface area contributed by atoms with Crippen molar-refractivity contribution in [3.8, 4) is 0 Å². The molecule has 0 spiro atoms. The minimum Gasteiger partial charge on any atom is -0.449 e. The summed E-state index contributed by atoms with van der Waals surface area (Å²) in [6.45, 7) is 8.88. The standard InChI is InChI=1S/C17H33NO3S/c1-5-9-11-14(7-3)13-21-17(19)18-16(22-20)15(8-4)12-10-6-2/h14-15H,5-13H2,1-4H3,(H,18,19). The SMILES string of the molecule is CCCCC(CC)COC(=O)NC(=S=O)C(CC)CCCC. The summed E-state index contributed by atoms with van der Waals surface area (Å²) in [4.78, 5) is 12.4. The van der Waals surface area contributed by atoms with Crippen molar-refractivity contribution < 1.29 is 13.7 Å². The summed E-state index contributed by atoms with van der Waals surface area (Å²) in [6, 6.07) is 0. The van der Waals surface area contributed by atoms with Crippen molar-refractivity contribution in [2.45, 2.75) is 79.1 Å². The molecule has 0 aromatic carbocycles. The number of hydrogen-bond donors (Lipinski definition) is 1. The molecule has 0 rings (SSSR count). The number of alkyl carbamates (subject to hydrolysis) is 1. The summed E-state index contributed by atoms with van der Waals surface area (Å²) in [6.07, 6.45) is 7.88. The van der Waals surface area contributed by atoms with Crippen LogP contribution in [0.5, 0.6) is 0 Å². The molecule has 22 heavy (non-hydrogen) atoms. The molecule has 0 bridgehead atoms. The number of ether oxygens (including phenoxy) is 1. The van der Waals surface area contributed by atoms with Gasteiger partial charge in [0.15, 0.2) is 0 Å². The van der Waals surface area contributed by atoms with Gasteiger partial charge in [-0.25, -0.2) is 9.00 Å². The molecule has 0 aliphatic heterocycles. The van der Waals surface area contributed by atoms with Gasteiger partial charge >= 0.3 is 6.09 Å². The predicted molar refractivity (Wildman–Crippen MR) is 94.2 cm³/mol. The number of nitrogens with one attached hydrogen (secondary N) is 1. The van der Waals surface area contributed by atoms with Gasteiger partial charge in [0.1, 0.15) is 16.2 Å². The van der Waals surface area contributed by atoms with Gasteiger partial charge in [-0.3, -0.25) is 5.32 Å². The highest BCUT2D eigenvalue weighted by molar-refractivity contribution is 7.66. The number of carbonyl (C=O) groups is 1. The van der Waals surface area contributed by atoms with E-state index in [1.54, 1.807) is 0 Å². The molecular weight excluding hydrogens is 298 g/mol. The lowest BCUT2D eigenvalue weighted by atomic mass is 9.99. The van der Waals surface area contributed by atoms with E-state index in [9.17, 15) is 9.00 Å². The van der Waals surface area contributed by atoms with Gasteiger partial charge in [0, 0.05) is 5.92 Å². The Kier molecular flexibility index (Phi) is 13.3. The molecule has 2 unspecified atom stereocenters. The van der Waals surface area contributed by atoms with Crippen molar-refractivity contribution >= 4 is 22.3 Å². The highest BCUT2D eigenvalue weighted by atomic mass is 32.1. The molecule has 0 fully saturated rings. The van der Waals surface area contributed by atoms with Crippen molar-refractivity contribution in [3.63, 3.8) is 0 Å². The summed E-state index contributed by atoms with van der Waals surface area (Å²) in [5.41, 5.74) is 0. The largest absolute Gasteiger partial charge is 0.449 e. The van der Waals surface area contributed by atoms with E-state index in [0.29, 0.717) is 28.8 Å². The van der Waals surface area contributed by atoms with Crippen LogP contribution in [0.1, 0.15) is 79.1 Å². The summed E-state index contributed by atoms with van der Waals surface area (Å²) in [7, 11) is 0. The van der Waals surface area contributed by atoms with E-state index in [-0.39, 0.29) is 5.92 Å². The van der Waals surface area contributed by atoms with Crippen LogP contribution >= 0.6 is 0 Å². The van der Waals surface area contributed by atoms with Gasteiger partial charge in [-0.2, -0.15) is 0 Å².